The van der Waals surface area contributed by atoms with Gasteiger partial charge in [0.05, 0.1) is 26.9 Å². The van der Waals surface area contributed by atoms with Crippen LogP contribution in [0, 0.1) is 0 Å². The lowest BCUT2D eigenvalue weighted by atomic mass is 10.2. The lowest BCUT2D eigenvalue weighted by Gasteiger charge is -2.09. The van der Waals surface area contributed by atoms with Crippen molar-refractivity contribution in [3.05, 3.63) is 58.6 Å². The highest BCUT2D eigenvalue weighted by atomic mass is 32.1. The Morgan fingerprint density at radius 2 is 1.71 bits per heavy atom. The van der Waals surface area contributed by atoms with E-state index in [9.17, 15) is 9.59 Å². The van der Waals surface area contributed by atoms with Crippen molar-refractivity contribution in [3.63, 3.8) is 0 Å². The fourth-order valence-electron chi connectivity index (χ4n) is 2.71. The van der Waals surface area contributed by atoms with Gasteiger partial charge in [0, 0.05) is 24.6 Å². The molecule has 0 aliphatic carbocycles. The lowest BCUT2D eigenvalue weighted by Crippen LogP contribution is -2.25. The fourth-order valence-corrected chi connectivity index (χ4v) is 3.44. The summed E-state index contributed by atoms with van der Waals surface area (Å²) in [6.45, 7) is 0.380. The van der Waals surface area contributed by atoms with Gasteiger partial charge in [-0.1, -0.05) is 17.4 Å². The second kappa shape index (κ2) is 10.4. The number of methoxy groups -OCH3 is 3. The van der Waals surface area contributed by atoms with Crippen molar-refractivity contribution in [3.8, 4) is 17.2 Å². The molecular weight excluding hydrogens is 420 g/mol. The van der Waals surface area contributed by atoms with E-state index in [2.05, 4.69) is 20.8 Å². The van der Waals surface area contributed by atoms with Gasteiger partial charge in [-0.15, -0.1) is 10.2 Å². The van der Waals surface area contributed by atoms with E-state index >= 15 is 0 Å². The van der Waals surface area contributed by atoms with Gasteiger partial charge in [-0.3, -0.25) is 14.9 Å². The van der Waals surface area contributed by atoms with Gasteiger partial charge in [-0.05, 0) is 30.3 Å². The largest absolute Gasteiger partial charge is 0.497 e. The third kappa shape index (κ3) is 5.70. The van der Waals surface area contributed by atoms with Crippen molar-refractivity contribution >= 4 is 28.3 Å². The minimum absolute atomic E-state index is 0.205. The van der Waals surface area contributed by atoms with Gasteiger partial charge in [0.25, 0.3) is 11.8 Å². The molecule has 0 unspecified atom stereocenters. The predicted octanol–water partition coefficient (Wildman–Crippen LogP) is 2.79. The molecule has 0 bridgehead atoms. The summed E-state index contributed by atoms with van der Waals surface area (Å²) in [5, 5.41) is 14.6. The first kappa shape index (κ1) is 22.0. The molecule has 0 aliphatic rings. The van der Waals surface area contributed by atoms with Crippen molar-refractivity contribution in [2.45, 2.75) is 6.42 Å². The first-order valence-electron chi connectivity index (χ1n) is 9.32. The molecule has 2 amide bonds. The summed E-state index contributed by atoms with van der Waals surface area (Å²) in [5.74, 6) is 1.02. The summed E-state index contributed by atoms with van der Waals surface area (Å²) in [7, 11) is 4.57. The number of hydrogen-bond donors (Lipinski definition) is 2. The summed E-state index contributed by atoms with van der Waals surface area (Å²) in [6, 6.07) is 11.8. The molecule has 0 spiro atoms. The van der Waals surface area contributed by atoms with Crippen molar-refractivity contribution in [2.75, 3.05) is 33.2 Å². The smallest absolute Gasteiger partial charge is 0.261 e. The van der Waals surface area contributed by atoms with Crippen LogP contribution in [0.15, 0.2) is 42.5 Å². The number of rotatable bonds is 9. The first-order chi connectivity index (χ1) is 15.0. The number of benzene rings is 2. The van der Waals surface area contributed by atoms with Gasteiger partial charge >= 0.3 is 0 Å². The number of carbonyl (C=O) groups is 2. The zero-order valence-electron chi connectivity index (χ0n) is 17.3. The molecule has 2 aromatic carbocycles. The maximum atomic E-state index is 12.6. The van der Waals surface area contributed by atoms with E-state index < -0.39 is 0 Å². The number of hydrogen-bond acceptors (Lipinski definition) is 8. The molecule has 2 N–H and O–H groups in total. The summed E-state index contributed by atoms with van der Waals surface area (Å²) in [6.07, 6.45) is 0.481. The van der Waals surface area contributed by atoms with Gasteiger partial charge in [0.2, 0.25) is 5.13 Å². The average molecular weight is 442 g/mol. The fraction of sp³-hybridized carbons (Fsp3) is 0.238. The van der Waals surface area contributed by atoms with Crippen LogP contribution in [0.1, 0.15) is 25.7 Å². The number of nitrogens with one attached hydrogen (secondary N) is 2. The zero-order chi connectivity index (χ0) is 22.2. The van der Waals surface area contributed by atoms with E-state index in [1.165, 1.54) is 25.6 Å². The Hall–Kier alpha value is -3.66. The van der Waals surface area contributed by atoms with E-state index in [1.807, 2.05) is 0 Å². The molecular formula is C21H22N4O5S. The molecule has 3 rings (SSSR count). The third-order valence-electron chi connectivity index (χ3n) is 4.30. The lowest BCUT2D eigenvalue weighted by molar-refractivity contribution is 0.0952. The number of amides is 2. The number of carbonyl (C=O) groups excluding carboxylic acids is 2. The molecule has 31 heavy (non-hydrogen) atoms. The van der Waals surface area contributed by atoms with Gasteiger partial charge in [0.15, 0.2) is 0 Å². The Labute approximate surface area is 183 Å². The Kier molecular flexibility index (Phi) is 7.39. The monoisotopic (exact) mass is 442 g/mol. The van der Waals surface area contributed by atoms with E-state index in [1.54, 1.807) is 49.6 Å². The van der Waals surface area contributed by atoms with Gasteiger partial charge in [-0.25, -0.2) is 0 Å². The van der Waals surface area contributed by atoms with Crippen LogP contribution >= 0.6 is 11.3 Å². The van der Waals surface area contributed by atoms with Crippen molar-refractivity contribution < 1.29 is 23.8 Å². The van der Waals surface area contributed by atoms with Crippen LogP contribution in [0.25, 0.3) is 0 Å². The number of ether oxygens (including phenoxy) is 3. The topological polar surface area (TPSA) is 112 Å². The third-order valence-corrected chi connectivity index (χ3v) is 5.20. The quantitative estimate of drug-likeness (QED) is 0.524. The molecule has 9 nitrogen and oxygen atoms in total. The molecule has 0 atom stereocenters. The van der Waals surface area contributed by atoms with Gasteiger partial charge in [0.1, 0.15) is 22.3 Å². The molecule has 0 saturated carbocycles. The Bertz CT molecular complexity index is 1070. The minimum Gasteiger partial charge on any atom is -0.497 e. The second-order valence-electron chi connectivity index (χ2n) is 6.26. The molecule has 0 radical (unpaired) electrons. The Balaban J connectivity index is 1.54. The number of nitrogens with zero attached hydrogens (tertiary/aromatic N) is 2. The highest BCUT2D eigenvalue weighted by Crippen LogP contribution is 2.26. The van der Waals surface area contributed by atoms with Gasteiger partial charge < -0.3 is 19.5 Å². The number of aromatic nitrogens is 2. The maximum absolute atomic E-state index is 12.6. The van der Waals surface area contributed by atoms with Crippen LogP contribution in [-0.4, -0.2) is 49.9 Å². The molecule has 3 aromatic rings. The molecule has 1 heterocycles. The van der Waals surface area contributed by atoms with Crippen LogP contribution < -0.4 is 24.8 Å². The zero-order valence-corrected chi connectivity index (χ0v) is 18.1. The second-order valence-corrected chi connectivity index (χ2v) is 7.32. The first-order valence-corrected chi connectivity index (χ1v) is 10.1. The van der Waals surface area contributed by atoms with E-state index in [4.69, 9.17) is 14.2 Å². The highest BCUT2D eigenvalue weighted by molar-refractivity contribution is 7.15. The summed E-state index contributed by atoms with van der Waals surface area (Å²) in [4.78, 5) is 24.8. The maximum Gasteiger partial charge on any atom is 0.261 e. The molecule has 162 valence electrons. The normalized spacial score (nSPS) is 10.3. The van der Waals surface area contributed by atoms with E-state index in [0.29, 0.717) is 51.5 Å². The van der Waals surface area contributed by atoms with Gasteiger partial charge in [-0.2, -0.15) is 0 Å². The molecule has 1 aromatic heterocycles. The van der Waals surface area contributed by atoms with Crippen LogP contribution in [-0.2, 0) is 6.42 Å². The Morgan fingerprint density at radius 3 is 2.45 bits per heavy atom. The standard InChI is InChI=1S/C21H22N4O5S/c1-28-14-6-4-5-13(11-14)19(26)22-10-9-18-24-25-21(31-18)23-20(27)16-8-7-15(29-2)12-17(16)30-3/h4-8,11-12H,9-10H2,1-3H3,(H,22,26)(H,23,25,27). The van der Waals surface area contributed by atoms with Crippen LogP contribution in [0.4, 0.5) is 5.13 Å². The summed E-state index contributed by atoms with van der Waals surface area (Å²) < 4.78 is 15.5. The minimum atomic E-state index is -0.367. The molecule has 0 fully saturated rings. The van der Waals surface area contributed by atoms with Crippen molar-refractivity contribution in [1.82, 2.24) is 15.5 Å². The predicted molar refractivity (Wildman–Crippen MR) is 116 cm³/mol. The van der Waals surface area contributed by atoms with Crippen LogP contribution in [0.5, 0.6) is 17.2 Å². The highest BCUT2D eigenvalue weighted by Gasteiger charge is 2.16. The summed E-state index contributed by atoms with van der Waals surface area (Å²) in [5.41, 5.74) is 0.864. The molecule has 0 aliphatic heterocycles. The van der Waals surface area contributed by atoms with Crippen molar-refractivity contribution in [2.24, 2.45) is 0 Å². The van der Waals surface area contributed by atoms with Crippen LogP contribution in [0.3, 0.4) is 0 Å². The van der Waals surface area contributed by atoms with Crippen molar-refractivity contribution in [1.29, 1.82) is 0 Å². The van der Waals surface area contributed by atoms with E-state index in [0.717, 1.165) is 0 Å². The summed E-state index contributed by atoms with van der Waals surface area (Å²) >= 11 is 1.24. The number of anilines is 1. The van der Waals surface area contributed by atoms with E-state index in [-0.39, 0.29) is 11.8 Å². The van der Waals surface area contributed by atoms with Crippen LogP contribution in [0.2, 0.25) is 0 Å². The Morgan fingerprint density at radius 1 is 0.935 bits per heavy atom. The molecule has 10 heteroatoms. The SMILES string of the molecule is COc1cccc(C(=O)NCCc2nnc(NC(=O)c3ccc(OC)cc3OC)s2)c1. The molecule has 0 saturated heterocycles. The average Bonchev–Trinajstić information content (AvgIpc) is 3.25.